The summed E-state index contributed by atoms with van der Waals surface area (Å²) in [4.78, 5) is 2.31. The van der Waals surface area contributed by atoms with Crippen LogP contribution in [0.15, 0.2) is 24.3 Å². The molecule has 1 fully saturated rings. The Balaban J connectivity index is 2.07. The Hall–Kier alpha value is -1.06. The Labute approximate surface area is 90.5 Å². The first-order valence-corrected chi connectivity index (χ1v) is 5.40. The van der Waals surface area contributed by atoms with E-state index < -0.39 is 0 Å². The van der Waals surface area contributed by atoms with Crippen LogP contribution in [0.3, 0.4) is 0 Å². The van der Waals surface area contributed by atoms with Gasteiger partial charge in [0, 0.05) is 12.6 Å². The largest absolute Gasteiger partial charge is 0.508 e. The van der Waals surface area contributed by atoms with Gasteiger partial charge in [-0.3, -0.25) is 0 Å². The van der Waals surface area contributed by atoms with Gasteiger partial charge in [-0.25, -0.2) is 0 Å². The summed E-state index contributed by atoms with van der Waals surface area (Å²) in [5, 5.41) is 9.20. The van der Waals surface area contributed by atoms with Gasteiger partial charge in [-0.15, -0.1) is 0 Å². The fourth-order valence-corrected chi connectivity index (χ4v) is 2.23. The van der Waals surface area contributed by atoms with E-state index in [1.165, 1.54) is 6.42 Å². The lowest BCUT2D eigenvalue weighted by Gasteiger charge is -2.19. The molecule has 1 saturated heterocycles. The number of benzene rings is 1. The maximum absolute atomic E-state index is 9.20. The van der Waals surface area contributed by atoms with E-state index in [0.717, 1.165) is 18.7 Å². The Morgan fingerprint density at radius 3 is 2.60 bits per heavy atom. The molecule has 0 aromatic heterocycles. The smallest absolute Gasteiger partial charge is 0.115 e. The quantitative estimate of drug-likeness (QED) is 0.767. The Bertz CT molecular complexity index is 323. The molecule has 2 rings (SSSR count). The minimum atomic E-state index is 0.0931. The van der Waals surface area contributed by atoms with E-state index in [0.29, 0.717) is 11.7 Å². The molecule has 1 aliphatic heterocycles. The zero-order valence-electron chi connectivity index (χ0n) is 9.06. The predicted molar refractivity (Wildman–Crippen MR) is 60.6 cm³/mol. The number of hydrogen-bond acceptors (Lipinski definition) is 3. The highest BCUT2D eigenvalue weighted by Gasteiger charge is 2.26. The van der Waals surface area contributed by atoms with Gasteiger partial charge in [0.05, 0.1) is 0 Å². The molecule has 82 valence electrons. The molecular formula is C12H18N2O. The van der Waals surface area contributed by atoms with Gasteiger partial charge in [0.25, 0.3) is 0 Å². The van der Waals surface area contributed by atoms with Crippen LogP contribution >= 0.6 is 0 Å². The van der Waals surface area contributed by atoms with Gasteiger partial charge in [-0.1, -0.05) is 12.1 Å². The first kappa shape index (κ1) is 10.5. The molecule has 1 heterocycles. The second-order valence-corrected chi connectivity index (χ2v) is 4.43. The van der Waals surface area contributed by atoms with E-state index in [2.05, 4.69) is 11.9 Å². The van der Waals surface area contributed by atoms with E-state index in [1.54, 1.807) is 12.1 Å². The summed E-state index contributed by atoms with van der Waals surface area (Å²) in [6.45, 7) is 2.21. The van der Waals surface area contributed by atoms with E-state index in [1.807, 2.05) is 12.1 Å². The van der Waals surface area contributed by atoms with E-state index in [9.17, 15) is 5.11 Å². The SMILES string of the molecule is CN1CCC(C(N)c2ccc(O)cc2)C1. The molecule has 0 bridgehead atoms. The molecule has 15 heavy (non-hydrogen) atoms. The number of aromatic hydroxyl groups is 1. The predicted octanol–water partition coefficient (Wildman–Crippen LogP) is 1.34. The zero-order valence-corrected chi connectivity index (χ0v) is 9.06. The molecule has 3 heteroatoms. The van der Waals surface area contributed by atoms with Crippen molar-refractivity contribution in [3.63, 3.8) is 0 Å². The van der Waals surface area contributed by atoms with Crippen molar-refractivity contribution in [2.45, 2.75) is 12.5 Å². The second-order valence-electron chi connectivity index (χ2n) is 4.43. The molecule has 3 nitrogen and oxygen atoms in total. The molecule has 2 atom stereocenters. The molecule has 0 saturated carbocycles. The van der Waals surface area contributed by atoms with E-state index in [4.69, 9.17) is 5.73 Å². The number of phenols is 1. The summed E-state index contributed by atoms with van der Waals surface area (Å²) in [6.07, 6.45) is 1.17. The number of likely N-dealkylation sites (tertiary alicyclic amines) is 1. The van der Waals surface area contributed by atoms with Crippen molar-refractivity contribution in [1.82, 2.24) is 4.90 Å². The van der Waals surface area contributed by atoms with Crippen LogP contribution in [0.5, 0.6) is 5.75 Å². The highest BCUT2D eigenvalue weighted by Crippen LogP contribution is 2.28. The standard InChI is InChI=1S/C12H18N2O/c1-14-7-6-10(8-14)12(13)9-2-4-11(15)5-3-9/h2-5,10,12,15H,6-8,13H2,1H3. The van der Waals surface area contributed by atoms with Gasteiger partial charge in [0.1, 0.15) is 5.75 Å². The van der Waals surface area contributed by atoms with Crippen molar-refractivity contribution < 1.29 is 5.11 Å². The molecule has 0 radical (unpaired) electrons. The third kappa shape index (κ3) is 2.30. The second kappa shape index (κ2) is 4.21. The molecule has 3 N–H and O–H groups in total. The average Bonchev–Trinajstić information content (AvgIpc) is 2.65. The van der Waals surface area contributed by atoms with Crippen molar-refractivity contribution in [3.05, 3.63) is 29.8 Å². The molecule has 0 amide bonds. The number of rotatable bonds is 2. The minimum absolute atomic E-state index is 0.0931. The summed E-state index contributed by atoms with van der Waals surface area (Å²) in [5.74, 6) is 0.842. The lowest BCUT2D eigenvalue weighted by atomic mass is 9.93. The fourth-order valence-electron chi connectivity index (χ4n) is 2.23. The highest BCUT2D eigenvalue weighted by molar-refractivity contribution is 5.28. The molecular weight excluding hydrogens is 188 g/mol. The van der Waals surface area contributed by atoms with Crippen molar-refractivity contribution in [1.29, 1.82) is 0 Å². The minimum Gasteiger partial charge on any atom is -0.508 e. The molecule has 2 unspecified atom stereocenters. The summed E-state index contributed by atoms with van der Waals surface area (Å²) < 4.78 is 0. The Morgan fingerprint density at radius 1 is 1.40 bits per heavy atom. The first-order chi connectivity index (χ1) is 7.16. The summed E-state index contributed by atoms with van der Waals surface area (Å²) in [7, 11) is 2.13. The van der Waals surface area contributed by atoms with Gasteiger partial charge in [0.15, 0.2) is 0 Å². The van der Waals surface area contributed by atoms with Crippen LogP contribution in [0.2, 0.25) is 0 Å². The molecule has 1 aromatic carbocycles. The van der Waals surface area contributed by atoms with Crippen LogP contribution in [0.25, 0.3) is 0 Å². The molecule has 1 aliphatic rings. The summed E-state index contributed by atoms with van der Waals surface area (Å²) in [5.41, 5.74) is 7.32. The van der Waals surface area contributed by atoms with Gasteiger partial charge in [-0.05, 0) is 43.6 Å². The van der Waals surface area contributed by atoms with Gasteiger partial charge in [-0.2, -0.15) is 0 Å². The van der Waals surface area contributed by atoms with E-state index >= 15 is 0 Å². The Kier molecular flexibility index (Phi) is 2.93. The Morgan fingerprint density at radius 2 is 2.07 bits per heavy atom. The molecule has 1 aromatic rings. The van der Waals surface area contributed by atoms with E-state index in [-0.39, 0.29) is 6.04 Å². The third-order valence-electron chi connectivity index (χ3n) is 3.21. The lowest BCUT2D eigenvalue weighted by Crippen LogP contribution is -2.24. The monoisotopic (exact) mass is 206 g/mol. The highest BCUT2D eigenvalue weighted by atomic mass is 16.3. The molecule has 0 spiro atoms. The van der Waals surface area contributed by atoms with Gasteiger partial charge in [0.2, 0.25) is 0 Å². The van der Waals surface area contributed by atoms with Crippen molar-refractivity contribution >= 4 is 0 Å². The van der Waals surface area contributed by atoms with Crippen LogP contribution in [-0.2, 0) is 0 Å². The van der Waals surface area contributed by atoms with Crippen LogP contribution in [0.1, 0.15) is 18.0 Å². The van der Waals surface area contributed by atoms with Crippen molar-refractivity contribution in [2.24, 2.45) is 11.7 Å². The van der Waals surface area contributed by atoms with Gasteiger partial charge < -0.3 is 15.7 Å². The molecule has 0 aliphatic carbocycles. The summed E-state index contributed by atoms with van der Waals surface area (Å²) in [6, 6.07) is 7.33. The topological polar surface area (TPSA) is 49.5 Å². The fraction of sp³-hybridized carbons (Fsp3) is 0.500. The number of nitrogens with zero attached hydrogens (tertiary/aromatic N) is 1. The first-order valence-electron chi connectivity index (χ1n) is 5.40. The average molecular weight is 206 g/mol. The maximum Gasteiger partial charge on any atom is 0.115 e. The van der Waals surface area contributed by atoms with Crippen molar-refractivity contribution in [3.8, 4) is 5.75 Å². The number of phenolic OH excluding ortho intramolecular Hbond substituents is 1. The van der Waals surface area contributed by atoms with Gasteiger partial charge >= 0.3 is 0 Å². The normalized spacial score (nSPS) is 24.3. The van der Waals surface area contributed by atoms with Crippen LogP contribution in [0.4, 0.5) is 0 Å². The summed E-state index contributed by atoms with van der Waals surface area (Å²) >= 11 is 0. The van der Waals surface area contributed by atoms with Crippen LogP contribution in [-0.4, -0.2) is 30.1 Å². The number of hydrogen-bond donors (Lipinski definition) is 2. The lowest BCUT2D eigenvalue weighted by molar-refractivity contribution is 0.372. The maximum atomic E-state index is 9.20. The third-order valence-corrected chi connectivity index (χ3v) is 3.21. The van der Waals surface area contributed by atoms with Crippen molar-refractivity contribution in [2.75, 3.05) is 20.1 Å². The van der Waals surface area contributed by atoms with Crippen LogP contribution in [0, 0.1) is 5.92 Å². The van der Waals surface area contributed by atoms with Crippen LogP contribution < -0.4 is 5.73 Å². The number of nitrogens with two attached hydrogens (primary N) is 1. The zero-order chi connectivity index (χ0) is 10.8.